The van der Waals surface area contributed by atoms with Crippen LogP contribution in [0.4, 0.5) is 4.79 Å². The van der Waals surface area contributed by atoms with Gasteiger partial charge in [-0.05, 0) is 79.1 Å². The highest BCUT2D eigenvalue weighted by Gasteiger charge is 2.60. The lowest BCUT2D eigenvalue weighted by Crippen LogP contribution is -2.60. The Morgan fingerprint density at radius 1 is 1.12 bits per heavy atom. The van der Waals surface area contributed by atoms with Crippen LogP contribution in [0.3, 0.4) is 0 Å². The Morgan fingerprint density at radius 3 is 2.56 bits per heavy atom. The number of hydrogen-bond donors (Lipinski definition) is 2. The number of nitrogens with zero attached hydrogens (tertiary/aromatic N) is 5. The molecule has 2 amide bonds. The van der Waals surface area contributed by atoms with E-state index in [9.17, 15) is 19.5 Å². The number of hydrogen-bond acceptors (Lipinski definition) is 14. The van der Waals surface area contributed by atoms with Crippen LogP contribution in [0.2, 0.25) is 0 Å². The molecule has 6 heterocycles. The fourth-order valence-electron chi connectivity index (χ4n) is 9.92. The fourth-order valence-corrected chi connectivity index (χ4v) is 9.92. The third-order valence-corrected chi connectivity index (χ3v) is 12.8. The van der Waals surface area contributed by atoms with Gasteiger partial charge in [0, 0.05) is 36.3 Å². The molecule has 0 aromatic carbocycles. The highest BCUT2D eigenvalue weighted by atomic mass is 16.7. The first kappa shape index (κ1) is 43.0. The quantitative estimate of drug-likeness (QED) is 0.317. The van der Waals surface area contributed by atoms with Gasteiger partial charge in [-0.3, -0.25) is 24.5 Å². The molecular formula is C41H62N6O10. The van der Waals surface area contributed by atoms with Gasteiger partial charge in [-0.2, -0.15) is 5.10 Å². The van der Waals surface area contributed by atoms with Gasteiger partial charge in [0.1, 0.15) is 17.9 Å². The fraction of sp³-hybridized carbons (Fsp3) is 0.756. The Morgan fingerprint density at radius 2 is 1.88 bits per heavy atom. The summed E-state index contributed by atoms with van der Waals surface area (Å²) in [4.78, 5) is 53.9. The molecular weight excluding hydrogens is 736 g/mol. The van der Waals surface area contributed by atoms with Crippen molar-refractivity contribution in [1.82, 2.24) is 20.2 Å². The van der Waals surface area contributed by atoms with Gasteiger partial charge in [0.05, 0.1) is 61.3 Å². The van der Waals surface area contributed by atoms with Crippen LogP contribution in [0.15, 0.2) is 34.5 Å². The average Bonchev–Trinajstić information content (AvgIpc) is 3.32. The molecule has 5 aliphatic heterocycles. The van der Waals surface area contributed by atoms with Gasteiger partial charge >= 0.3 is 12.1 Å². The molecule has 4 bridgehead atoms. The highest BCUT2D eigenvalue weighted by molar-refractivity contribution is 5.94. The first-order chi connectivity index (χ1) is 27.0. The first-order valence-electron chi connectivity index (χ1n) is 20.4. The zero-order valence-electron chi connectivity index (χ0n) is 35.0. The molecule has 4 fully saturated rings. The second kappa shape index (κ2) is 17.4. The molecule has 6 rings (SSSR count). The van der Waals surface area contributed by atoms with Crippen LogP contribution in [-0.2, 0) is 33.2 Å². The second-order valence-electron chi connectivity index (χ2n) is 17.2. The highest BCUT2D eigenvalue weighted by Crippen LogP contribution is 2.45. The molecule has 16 nitrogen and oxygen atoms in total. The number of amides is 2. The molecule has 0 aliphatic carbocycles. The number of hydrazone groups is 1. The Labute approximate surface area is 336 Å². The van der Waals surface area contributed by atoms with E-state index in [-0.39, 0.29) is 42.9 Å². The van der Waals surface area contributed by atoms with E-state index in [2.05, 4.69) is 29.4 Å². The van der Waals surface area contributed by atoms with Crippen LogP contribution in [0.1, 0.15) is 85.1 Å². The predicted molar refractivity (Wildman–Crippen MR) is 210 cm³/mol. The summed E-state index contributed by atoms with van der Waals surface area (Å²) < 4.78 is 39.5. The second-order valence-corrected chi connectivity index (χ2v) is 17.2. The minimum absolute atomic E-state index is 0.0641. The molecule has 57 heavy (non-hydrogen) atoms. The largest absolute Gasteiger partial charge is 0.458 e. The SMILES string of the molecule is CC[C@H]1OC(=O)[C@H](C)[C@H]2OC/C(=N\NC(=O)c3ccccn3)CO[C@](C)(C[C@@H](C)C3=NCCN4C(=O)O[C@@]1(C)[C@H]4[C@H]3C)[C@H](O[C@H]1O[C@@H](C)C[C@@H](N(C)C)[C@@H]1O)[C@H]2C. The minimum atomic E-state index is -1.16. The van der Waals surface area contributed by atoms with Crippen LogP contribution < -0.4 is 5.43 Å². The van der Waals surface area contributed by atoms with Gasteiger partial charge in [-0.25, -0.2) is 10.2 Å². The summed E-state index contributed by atoms with van der Waals surface area (Å²) in [6.07, 6.45) is -2.21. The molecule has 1 aromatic rings. The molecule has 1 aromatic heterocycles. The Hall–Kier alpha value is -3.54. The van der Waals surface area contributed by atoms with Gasteiger partial charge in [0.2, 0.25) is 0 Å². The van der Waals surface area contributed by atoms with E-state index in [1.54, 1.807) is 30.0 Å². The number of ether oxygens (including phenoxy) is 6. The minimum Gasteiger partial charge on any atom is -0.458 e. The Bertz CT molecular complexity index is 1680. The van der Waals surface area contributed by atoms with E-state index in [0.29, 0.717) is 38.1 Å². The molecule has 4 saturated heterocycles. The number of aromatic nitrogens is 1. The third-order valence-electron chi connectivity index (χ3n) is 12.8. The monoisotopic (exact) mass is 798 g/mol. The number of nitrogens with one attached hydrogen (secondary N) is 1. The standard InChI is InChI=1S/C41H62N6O10/c1-11-30-41(8)34-24(4)31(43-16-17-47(34)39(51)57-41)22(2)19-40(7)35(56-38-32(48)29(46(9)10)18-23(3)54-38)25(5)33(26(6)37(50)55-30)52-20-27(21-53-40)44-45-36(49)28-14-12-13-15-42-28/h12-15,22-26,29-30,32-35,38,48H,11,16-21H2,1-10H3,(H,45,49)/b44-27+/t22-,23+,24+,25+,26-,29-,30-,32+,33+,34-,35-,38-,40-,41-/m1/s1. The van der Waals surface area contributed by atoms with Gasteiger partial charge in [0.15, 0.2) is 11.9 Å². The molecule has 0 spiro atoms. The lowest BCUT2D eigenvalue weighted by atomic mass is 9.72. The molecule has 14 atom stereocenters. The predicted octanol–water partition coefficient (Wildman–Crippen LogP) is 3.46. The summed E-state index contributed by atoms with van der Waals surface area (Å²) in [6, 6.07) is 4.32. The van der Waals surface area contributed by atoms with E-state index in [0.717, 1.165) is 5.71 Å². The van der Waals surface area contributed by atoms with Crippen LogP contribution in [-0.4, -0.2) is 150 Å². The van der Waals surface area contributed by atoms with E-state index in [1.165, 1.54) is 6.20 Å². The maximum atomic E-state index is 14.5. The number of esters is 1. The molecule has 0 unspecified atom stereocenters. The average molecular weight is 799 g/mol. The summed E-state index contributed by atoms with van der Waals surface area (Å²) in [5.74, 6) is -2.94. The van der Waals surface area contributed by atoms with E-state index >= 15 is 0 Å². The van der Waals surface area contributed by atoms with E-state index < -0.39 is 77.8 Å². The van der Waals surface area contributed by atoms with Crippen molar-refractivity contribution in [1.29, 1.82) is 0 Å². The van der Waals surface area contributed by atoms with Gasteiger partial charge in [0.25, 0.3) is 5.91 Å². The number of aliphatic hydroxyl groups excluding tert-OH is 1. The number of pyridine rings is 1. The molecule has 0 saturated carbocycles. The molecule has 16 heteroatoms. The van der Waals surface area contributed by atoms with Crippen molar-refractivity contribution >= 4 is 29.4 Å². The maximum absolute atomic E-state index is 14.5. The number of cyclic esters (lactones) is 1. The molecule has 0 radical (unpaired) electrons. The van der Waals surface area contributed by atoms with Crippen molar-refractivity contribution in [3.63, 3.8) is 0 Å². The van der Waals surface area contributed by atoms with Gasteiger partial charge < -0.3 is 38.4 Å². The van der Waals surface area contributed by atoms with Crippen LogP contribution in [0, 0.1) is 23.7 Å². The lowest BCUT2D eigenvalue weighted by molar-refractivity contribution is -0.302. The number of carbonyl (C=O) groups is 3. The van der Waals surface area contributed by atoms with Crippen LogP contribution in [0.5, 0.6) is 0 Å². The van der Waals surface area contributed by atoms with Crippen molar-refractivity contribution in [2.24, 2.45) is 33.8 Å². The van der Waals surface area contributed by atoms with E-state index in [1.807, 2.05) is 53.6 Å². The summed E-state index contributed by atoms with van der Waals surface area (Å²) in [7, 11) is 3.84. The maximum Gasteiger partial charge on any atom is 0.410 e. The summed E-state index contributed by atoms with van der Waals surface area (Å²) >= 11 is 0. The third kappa shape index (κ3) is 8.62. The zero-order chi connectivity index (χ0) is 41.4. The normalized spacial score (nSPS) is 41.2. The first-order valence-corrected chi connectivity index (χ1v) is 20.4. The number of aliphatic imine (C=N–C) groups is 1. The number of rotatable bonds is 6. The van der Waals surface area contributed by atoms with Crippen molar-refractivity contribution < 1.29 is 47.9 Å². The number of aliphatic hydroxyl groups is 1. The molecule has 5 aliphatic rings. The summed E-state index contributed by atoms with van der Waals surface area (Å²) in [6.45, 7) is 16.1. The smallest absolute Gasteiger partial charge is 0.410 e. The Kier molecular flexibility index (Phi) is 13.1. The van der Waals surface area contributed by atoms with Crippen LogP contribution >= 0.6 is 0 Å². The van der Waals surface area contributed by atoms with Crippen LogP contribution in [0.25, 0.3) is 0 Å². The Balaban J connectivity index is 1.46. The van der Waals surface area contributed by atoms with E-state index in [4.69, 9.17) is 33.4 Å². The van der Waals surface area contributed by atoms with Gasteiger partial charge in [-0.1, -0.05) is 33.8 Å². The molecule has 316 valence electrons. The number of likely N-dealkylation sites (N-methyl/N-ethyl adjacent to an activating group) is 1. The summed E-state index contributed by atoms with van der Waals surface area (Å²) in [5.41, 5.74) is 1.73. The zero-order valence-corrected chi connectivity index (χ0v) is 35.0. The number of fused-ring (bicyclic) bond motifs is 4. The van der Waals surface area contributed by atoms with Crippen molar-refractivity contribution in [2.45, 2.75) is 135 Å². The topological polar surface area (TPSA) is 183 Å². The van der Waals surface area contributed by atoms with Crippen molar-refractivity contribution in [3.05, 3.63) is 30.1 Å². The molecule has 2 N–H and O–H groups in total. The van der Waals surface area contributed by atoms with Crippen molar-refractivity contribution in [2.75, 3.05) is 40.4 Å². The number of carbonyl (C=O) groups excluding carboxylic acids is 3. The van der Waals surface area contributed by atoms with Crippen molar-refractivity contribution in [3.8, 4) is 0 Å². The lowest BCUT2D eigenvalue weighted by Gasteiger charge is -2.48. The summed E-state index contributed by atoms with van der Waals surface area (Å²) in [5, 5.41) is 16.2. The van der Waals surface area contributed by atoms with Gasteiger partial charge in [-0.15, -0.1) is 0 Å².